The van der Waals surface area contributed by atoms with Crippen LogP contribution in [-0.4, -0.2) is 33.2 Å². The van der Waals surface area contributed by atoms with Crippen molar-refractivity contribution in [3.8, 4) is 0 Å². The summed E-state index contributed by atoms with van der Waals surface area (Å²) in [7, 11) is -8.71. The highest BCUT2D eigenvalue weighted by Gasteiger charge is 2.38. The summed E-state index contributed by atoms with van der Waals surface area (Å²) in [5, 5.41) is 2.95. The number of alkyl halides is 3. The van der Waals surface area contributed by atoms with Crippen LogP contribution in [-0.2, 0) is 30.4 Å². The van der Waals surface area contributed by atoms with Crippen molar-refractivity contribution in [1.82, 2.24) is 0 Å². The second-order valence-electron chi connectivity index (χ2n) is 5.98. The first-order valence-electron chi connectivity index (χ1n) is 6.72. The molecule has 1 aromatic carbocycles. The molecule has 25 heavy (non-hydrogen) atoms. The van der Waals surface area contributed by atoms with Crippen molar-refractivity contribution < 1.29 is 34.3 Å². The van der Waals surface area contributed by atoms with Crippen molar-refractivity contribution in [2.24, 2.45) is 10.9 Å². The van der Waals surface area contributed by atoms with Crippen LogP contribution in [0.2, 0.25) is 0 Å². The van der Waals surface area contributed by atoms with Gasteiger partial charge < -0.3 is 5.73 Å². The lowest BCUT2D eigenvalue weighted by Gasteiger charge is -2.18. The van der Waals surface area contributed by atoms with E-state index >= 15 is 0 Å². The van der Waals surface area contributed by atoms with Crippen molar-refractivity contribution in [2.45, 2.75) is 36.6 Å². The number of nitrogens with two attached hydrogens (primary N) is 1. The number of hydrogen-bond donors (Lipinski definition) is 1. The van der Waals surface area contributed by atoms with Crippen molar-refractivity contribution in [3.63, 3.8) is 0 Å². The fraction of sp³-hybridized carbons (Fsp3) is 0.462. The number of nitrogens with zero attached hydrogens (tertiary/aromatic N) is 1. The van der Waals surface area contributed by atoms with Crippen LogP contribution in [0.1, 0.15) is 26.3 Å². The van der Waals surface area contributed by atoms with E-state index in [1.165, 1.54) is 20.8 Å². The zero-order valence-electron chi connectivity index (χ0n) is 13.5. The van der Waals surface area contributed by atoms with E-state index in [4.69, 9.17) is 5.73 Å². The van der Waals surface area contributed by atoms with E-state index in [0.717, 1.165) is 12.1 Å². The summed E-state index contributed by atoms with van der Waals surface area (Å²) < 4.78 is 89.3. The number of sulfone groups is 1. The molecule has 0 fully saturated rings. The van der Waals surface area contributed by atoms with Crippen LogP contribution in [0.3, 0.4) is 0 Å². The van der Waals surface area contributed by atoms with Gasteiger partial charge in [-0.25, -0.2) is 8.42 Å². The van der Waals surface area contributed by atoms with E-state index in [1.54, 1.807) is 0 Å². The average Bonchev–Trinajstić information content (AvgIpc) is 2.43. The van der Waals surface area contributed by atoms with Gasteiger partial charge in [-0.05, 0) is 32.9 Å². The number of halogens is 3. The van der Waals surface area contributed by atoms with Gasteiger partial charge in [-0.15, -0.1) is 0 Å². The molecule has 0 atom stereocenters. The van der Waals surface area contributed by atoms with Crippen LogP contribution in [0.25, 0.3) is 0 Å². The molecule has 0 saturated heterocycles. The molecule has 12 heteroatoms. The highest BCUT2D eigenvalue weighted by atomic mass is 32.2. The molecule has 0 aliphatic heterocycles. The first kappa shape index (κ1) is 21.2. The number of oxime groups is 1. The zero-order chi connectivity index (χ0) is 19.7. The molecule has 0 unspecified atom stereocenters. The molecular formula is C13H17F3N2O5S2. The van der Waals surface area contributed by atoms with Gasteiger partial charge in [0, 0.05) is 0 Å². The van der Waals surface area contributed by atoms with Crippen LogP contribution < -0.4 is 5.73 Å². The fourth-order valence-electron chi connectivity index (χ4n) is 1.49. The van der Waals surface area contributed by atoms with E-state index < -0.39 is 52.9 Å². The van der Waals surface area contributed by atoms with E-state index in [2.05, 4.69) is 9.44 Å². The Hall–Kier alpha value is -1.82. The van der Waals surface area contributed by atoms with Crippen LogP contribution >= 0.6 is 0 Å². The maximum absolute atomic E-state index is 12.9. The summed E-state index contributed by atoms with van der Waals surface area (Å²) >= 11 is 0. The lowest BCUT2D eigenvalue weighted by molar-refractivity contribution is -0.140. The molecule has 0 heterocycles. The molecule has 7 nitrogen and oxygen atoms in total. The summed E-state index contributed by atoms with van der Waals surface area (Å²) in [6.07, 6.45) is -4.93. The summed E-state index contributed by atoms with van der Waals surface area (Å²) in [5.74, 6) is -1.52. The summed E-state index contributed by atoms with van der Waals surface area (Å²) in [5.41, 5.74) is 3.89. The molecule has 0 aliphatic carbocycles. The van der Waals surface area contributed by atoms with Crippen molar-refractivity contribution in [3.05, 3.63) is 29.8 Å². The average molecular weight is 402 g/mol. The normalized spacial score (nSPS) is 14.4. The smallest absolute Gasteiger partial charge is 0.384 e. The standard InChI is InChI=1S/C13H17F3N2O5S2/c1-12(2,3)24(19,20)8-11(17)18-23-25(21,22)10-7-5-4-6-9(10)13(14,15)16/h4-7H,8H2,1-3H3,(H2,17,18). The van der Waals surface area contributed by atoms with Crippen LogP contribution in [0, 0.1) is 0 Å². The van der Waals surface area contributed by atoms with Gasteiger partial charge in [0.1, 0.15) is 10.6 Å². The van der Waals surface area contributed by atoms with Gasteiger partial charge in [-0.3, -0.25) is 4.28 Å². The molecule has 0 bridgehead atoms. The number of hydrogen-bond acceptors (Lipinski definition) is 6. The Bertz CT molecular complexity index is 870. The molecule has 0 amide bonds. The molecule has 1 rings (SSSR count). The molecule has 142 valence electrons. The maximum atomic E-state index is 12.9. The summed E-state index contributed by atoms with van der Waals surface area (Å²) in [6, 6.07) is 3.33. The molecule has 0 radical (unpaired) electrons. The Kier molecular flexibility index (Phi) is 5.79. The van der Waals surface area contributed by atoms with Crippen LogP contribution in [0.15, 0.2) is 34.3 Å². The Morgan fingerprint density at radius 3 is 2.12 bits per heavy atom. The quantitative estimate of drug-likeness (QED) is 0.457. The minimum Gasteiger partial charge on any atom is -0.384 e. The SMILES string of the molecule is CC(C)(C)S(=O)(=O)C/C(N)=N/OS(=O)(=O)c1ccccc1C(F)(F)F. The van der Waals surface area contributed by atoms with Gasteiger partial charge in [0.25, 0.3) is 0 Å². The van der Waals surface area contributed by atoms with E-state index in [-0.39, 0.29) is 0 Å². The topological polar surface area (TPSA) is 116 Å². The molecule has 0 aliphatic rings. The van der Waals surface area contributed by atoms with E-state index in [0.29, 0.717) is 12.1 Å². The van der Waals surface area contributed by atoms with E-state index in [1.807, 2.05) is 0 Å². The third-order valence-corrected chi connectivity index (χ3v) is 6.69. The van der Waals surface area contributed by atoms with Crippen LogP contribution in [0.5, 0.6) is 0 Å². The number of benzene rings is 1. The summed E-state index contributed by atoms with van der Waals surface area (Å²) in [6.45, 7) is 4.19. The second-order valence-corrected chi connectivity index (χ2v) is 10.2. The molecule has 1 aromatic rings. The predicted octanol–water partition coefficient (Wildman–Crippen LogP) is 1.90. The Labute approximate surface area is 143 Å². The minimum atomic E-state index is -4.94. The second kappa shape index (κ2) is 6.83. The first-order valence-corrected chi connectivity index (χ1v) is 9.78. The number of amidine groups is 1. The van der Waals surface area contributed by atoms with Crippen molar-refractivity contribution in [1.29, 1.82) is 0 Å². The van der Waals surface area contributed by atoms with E-state index in [9.17, 15) is 30.0 Å². The third kappa shape index (κ3) is 5.33. The summed E-state index contributed by atoms with van der Waals surface area (Å²) in [4.78, 5) is -1.15. The zero-order valence-corrected chi connectivity index (χ0v) is 15.2. The predicted molar refractivity (Wildman–Crippen MR) is 84.9 cm³/mol. The highest BCUT2D eigenvalue weighted by molar-refractivity contribution is 7.93. The lowest BCUT2D eigenvalue weighted by Crippen LogP contribution is -2.36. The largest absolute Gasteiger partial charge is 0.417 e. The van der Waals surface area contributed by atoms with Gasteiger partial charge in [-0.1, -0.05) is 17.3 Å². The van der Waals surface area contributed by atoms with Gasteiger partial charge in [0.05, 0.1) is 10.3 Å². The van der Waals surface area contributed by atoms with Gasteiger partial charge in [0.2, 0.25) is 0 Å². The maximum Gasteiger partial charge on any atom is 0.417 e. The molecule has 2 N–H and O–H groups in total. The monoisotopic (exact) mass is 402 g/mol. The van der Waals surface area contributed by atoms with Crippen molar-refractivity contribution in [2.75, 3.05) is 5.75 Å². The third-order valence-electron chi connectivity index (χ3n) is 2.99. The molecule has 0 saturated carbocycles. The van der Waals surface area contributed by atoms with Crippen LogP contribution in [0.4, 0.5) is 13.2 Å². The number of rotatable bonds is 5. The van der Waals surface area contributed by atoms with Crippen molar-refractivity contribution >= 4 is 25.8 Å². The van der Waals surface area contributed by atoms with Gasteiger partial charge >= 0.3 is 16.3 Å². The lowest BCUT2D eigenvalue weighted by atomic mass is 10.2. The highest BCUT2D eigenvalue weighted by Crippen LogP contribution is 2.34. The molecule has 0 aromatic heterocycles. The first-order chi connectivity index (χ1) is 11.1. The minimum absolute atomic E-state index is 0.563. The Morgan fingerprint density at radius 1 is 1.12 bits per heavy atom. The Balaban J connectivity index is 3.12. The van der Waals surface area contributed by atoms with Gasteiger partial charge in [0.15, 0.2) is 15.7 Å². The Morgan fingerprint density at radius 2 is 1.64 bits per heavy atom. The molecular weight excluding hydrogens is 385 g/mol. The van der Waals surface area contributed by atoms with Gasteiger partial charge in [-0.2, -0.15) is 21.6 Å². The fourth-order valence-corrected chi connectivity index (χ4v) is 3.34. The molecule has 0 spiro atoms.